The Labute approximate surface area is 310 Å². The van der Waals surface area contributed by atoms with E-state index in [9.17, 15) is 0 Å². The van der Waals surface area contributed by atoms with Gasteiger partial charge >= 0.3 is 0 Å². The van der Waals surface area contributed by atoms with E-state index in [-0.39, 0.29) is 5.92 Å². The molecule has 0 radical (unpaired) electrons. The molecule has 3 aromatic carbocycles. The summed E-state index contributed by atoms with van der Waals surface area (Å²) in [6.45, 7) is 8.39. The van der Waals surface area contributed by atoms with Gasteiger partial charge in [0.1, 0.15) is 0 Å². The number of nitrogens with one attached hydrogen (secondary N) is 3. The van der Waals surface area contributed by atoms with Crippen molar-refractivity contribution >= 4 is 22.9 Å². The number of benzene rings is 3. The second kappa shape index (κ2) is 16.2. The molecular weight excluding hydrogens is 631 g/mol. The van der Waals surface area contributed by atoms with Gasteiger partial charge < -0.3 is 10.7 Å². The van der Waals surface area contributed by atoms with Crippen molar-refractivity contribution in [1.29, 1.82) is 0 Å². The summed E-state index contributed by atoms with van der Waals surface area (Å²) < 4.78 is 0. The average molecular weight is 680 g/mol. The molecule has 3 N–H and O–H groups in total. The standard InChI is InChI=1S/C49H49N3/c1-5-7-10-18-35(6-2)46(36-19-11-8-12-20-36)33-51-47-29-28-41(43-25-15-17-34(3)30-44(43)47)39-26-27-40(31-39)48(37-21-13-9-14-22-37)45-32-38-23-16-24-42(38)49(45)52-50-4/h5,7-15,17,19-29,33,35,48,50-52H,1,6,18,30-32H2,2-4H3/b10-7-,46-33+. The summed E-state index contributed by atoms with van der Waals surface area (Å²) in [4.78, 5) is 0. The highest BCUT2D eigenvalue weighted by Gasteiger charge is 2.33. The Hall–Kier alpha value is -5.60. The predicted molar refractivity (Wildman–Crippen MR) is 222 cm³/mol. The first-order valence-corrected chi connectivity index (χ1v) is 18.7. The molecule has 2 unspecified atom stereocenters. The van der Waals surface area contributed by atoms with Crippen molar-refractivity contribution in [3.63, 3.8) is 0 Å². The summed E-state index contributed by atoms with van der Waals surface area (Å²) in [6, 6.07) is 26.4. The Morgan fingerprint density at radius 2 is 1.73 bits per heavy atom. The van der Waals surface area contributed by atoms with E-state index in [1.165, 1.54) is 72.5 Å². The van der Waals surface area contributed by atoms with Crippen molar-refractivity contribution in [2.75, 3.05) is 12.4 Å². The van der Waals surface area contributed by atoms with Crippen LogP contribution in [-0.4, -0.2) is 7.05 Å². The molecule has 0 fully saturated rings. The minimum absolute atomic E-state index is 0.173. The van der Waals surface area contributed by atoms with Crippen LogP contribution in [0.25, 0.3) is 17.2 Å². The average Bonchev–Trinajstić information content (AvgIpc) is 3.88. The van der Waals surface area contributed by atoms with Gasteiger partial charge in [-0.2, -0.15) is 0 Å². The molecule has 0 heterocycles. The Kier molecular flexibility index (Phi) is 10.8. The van der Waals surface area contributed by atoms with Crippen LogP contribution in [0.15, 0.2) is 180 Å². The highest BCUT2D eigenvalue weighted by atomic mass is 15.3. The molecule has 52 heavy (non-hydrogen) atoms. The lowest BCUT2D eigenvalue weighted by Gasteiger charge is -2.25. The van der Waals surface area contributed by atoms with E-state index in [0.717, 1.165) is 37.8 Å². The molecule has 2 atom stereocenters. The fourth-order valence-corrected chi connectivity index (χ4v) is 8.16. The smallest absolute Gasteiger partial charge is 0.0574 e. The topological polar surface area (TPSA) is 36.1 Å². The van der Waals surface area contributed by atoms with Gasteiger partial charge in [0.15, 0.2) is 0 Å². The van der Waals surface area contributed by atoms with Crippen molar-refractivity contribution < 1.29 is 0 Å². The Balaban J connectivity index is 1.22. The fraction of sp³-hybridized carbons (Fsp3) is 0.204. The first-order chi connectivity index (χ1) is 25.6. The second-order valence-corrected chi connectivity index (χ2v) is 14.0. The van der Waals surface area contributed by atoms with Crippen LogP contribution in [0.5, 0.6) is 0 Å². The summed E-state index contributed by atoms with van der Waals surface area (Å²) in [5, 5.41) is 3.83. The lowest BCUT2D eigenvalue weighted by atomic mass is 9.80. The number of fused-ring (bicyclic) bond motifs is 1. The number of rotatable bonds is 14. The normalized spacial score (nSPS) is 17.5. The quantitative estimate of drug-likeness (QED) is 0.0902. The van der Waals surface area contributed by atoms with Gasteiger partial charge in [-0.15, -0.1) is 5.73 Å². The Morgan fingerprint density at radius 1 is 0.923 bits per heavy atom. The molecule has 260 valence electrons. The van der Waals surface area contributed by atoms with E-state index in [2.05, 4.69) is 176 Å². The van der Waals surface area contributed by atoms with Crippen LogP contribution in [0.2, 0.25) is 0 Å². The summed E-state index contributed by atoms with van der Waals surface area (Å²) in [5.74, 6) is 0.560. The Morgan fingerprint density at radius 3 is 2.50 bits per heavy atom. The highest BCUT2D eigenvalue weighted by Crippen LogP contribution is 2.48. The van der Waals surface area contributed by atoms with E-state index in [0.29, 0.717) is 5.92 Å². The third-order valence-electron chi connectivity index (χ3n) is 10.7. The van der Waals surface area contributed by atoms with E-state index in [1.807, 2.05) is 13.1 Å². The third-order valence-corrected chi connectivity index (χ3v) is 10.7. The molecule has 0 aliphatic heterocycles. The minimum atomic E-state index is 0.173. The molecule has 4 aliphatic rings. The number of hydrogen-bond donors (Lipinski definition) is 3. The van der Waals surface area contributed by atoms with Crippen molar-refractivity contribution in [3.05, 3.63) is 207 Å². The SMILES string of the molecule is C=C/C=C\CC(CC)/C(=C\Nc1ccc(C2=CC=C(C(C3=C(NNC)C4=C(C=C=C4)C3)c3ccccc3)C2)c2c1CC(C)=CC=C2)c1ccccc1. The fourth-order valence-electron chi connectivity index (χ4n) is 8.16. The molecule has 0 amide bonds. The van der Waals surface area contributed by atoms with Gasteiger partial charge in [0.05, 0.1) is 5.70 Å². The van der Waals surface area contributed by atoms with Crippen molar-refractivity contribution in [2.24, 2.45) is 5.92 Å². The zero-order valence-electron chi connectivity index (χ0n) is 30.7. The van der Waals surface area contributed by atoms with Crippen LogP contribution < -0.4 is 16.2 Å². The van der Waals surface area contributed by atoms with Gasteiger partial charge in [0, 0.05) is 30.4 Å². The minimum Gasteiger partial charge on any atom is -0.361 e. The molecule has 4 aliphatic carbocycles. The number of hydrazine groups is 1. The zero-order chi connectivity index (χ0) is 35.9. The second-order valence-electron chi connectivity index (χ2n) is 14.0. The first-order valence-electron chi connectivity index (χ1n) is 18.7. The van der Waals surface area contributed by atoms with Gasteiger partial charge in [-0.3, -0.25) is 0 Å². The van der Waals surface area contributed by atoms with Gasteiger partial charge in [0.2, 0.25) is 0 Å². The maximum absolute atomic E-state index is 3.87. The molecule has 0 saturated carbocycles. The molecule has 7 rings (SSSR count). The summed E-state index contributed by atoms with van der Waals surface area (Å²) in [6.07, 6.45) is 29.0. The number of hydrogen-bond acceptors (Lipinski definition) is 3. The van der Waals surface area contributed by atoms with Crippen LogP contribution in [0.4, 0.5) is 5.69 Å². The van der Waals surface area contributed by atoms with Crippen molar-refractivity contribution in [1.82, 2.24) is 10.9 Å². The van der Waals surface area contributed by atoms with Gasteiger partial charge in [-0.1, -0.05) is 140 Å². The molecule has 0 saturated heterocycles. The summed E-state index contributed by atoms with van der Waals surface area (Å²) >= 11 is 0. The van der Waals surface area contributed by atoms with Crippen LogP contribution in [0, 0.1) is 5.92 Å². The summed E-state index contributed by atoms with van der Waals surface area (Å²) in [7, 11) is 1.94. The van der Waals surface area contributed by atoms with E-state index >= 15 is 0 Å². The van der Waals surface area contributed by atoms with Crippen LogP contribution in [-0.2, 0) is 6.42 Å². The monoisotopic (exact) mass is 679 g/mol. The molecule has 0 spiro atoms. The largest absolute Gasteiger partial charge is 0.361 e. The molecular formula is C49H49N3. The van der Waals surface area contributed by atoms with E-state index in [4.69, 9.17) is 0 Å². The molecule has 3 heteroatoms. The van der Waals surface area contributed by atoms with E-state index < -0.39 is 0 Å². The highest BCUT2D eigenvalue weighted by molar-refractivity contribution is 5.85. The maximum atomic E-state index is 3.87. The lowest BCUT2D eigenvalue weighted by molar-refractivity contribution is 0.656. The molecule has 0 bridgehead atoms. The predicted octanol–water partition coefficient (Wildman–Crippen LogP) is 11.7. The van der Waals surface area contributed by atoms with Crippen LogP contribution >= 0.6 is 0 Å². The molecule has 3 nitrogen and oxygen atoms in total. The Bertz CT molecular complexity index is 2160. The molecule has 0 aromatic heterocycles. The molecule has 3 aromatic rings. The number of allylic oxidation sites excluding steroid dienone is 14. The van der Waals surface area contributed by atoms with Crippen molar-refractivity contribution in [3.8, 4) is 0 Å². The van der Waals surface area contributed by atoms with Crippen LogP contribution in [0.3, 0.4) is 0 Å². The van der Waals surface area contributed by atoms with Crippen LogP contribution in [0.1, 0.15) is 73.3 Å². The maximum Gasteiger partial charge on any atom is 0.0574 e. The number of anilines is 1. The lowest BCUT2D eigenvalue weighted by Crippen LogP contribution is -2.28. The van der Waals surface area contributed by atoms with Gasteiger partial charge in [-0.05, 0) is 113 Å². The first kappa shape index (κ1) is 34.8. The van der Waals surface area contributed by atoms with Crippen molar-refractivity contribution in [2.45, 2.75) is 51.9 Å². The van der Waals surface area contributed by atoms with Gasteiger partial charge in [-0.25, -0.2) is 5.43 Å². The van der Waals surface area contributed by atoms with E-state index in [1.54, 1.807) is 0 Å². The zero-order valence-corrected chi connectivity index (χ0v) is 30.7. The summed E-state index contributed by atoms with van der Waals surface area (Å²) in [5.41, 5.74) is 28.4. The van der Waals surface area contributed by atoms with Gasteiger partial charge in [0.25, 0.3) is 0 Å². The third kappa shape index (κ3) is 7.25.